The van der Waals surface area contributed by atoms with Crippen LogP contribution in [0.3, 0.4) is 0 Å². The first-order chi connectivity index (χ1) is 6.42. The highest BCUT2D eigenvalue weighted by Crippen LogP contribution is 2.52. The van der Waals surface area contributed by atoms with Gasteiger partial charge in [0.1, 0.15) is 0 Å². The molecule has 1 saturated carbocycles. The van der Waals surface area contributed by atoms with Gasteiger partial charge in [-0.1, -0.05) is 12.8 Å². The van der Waals surface area contributed by atoms with Crippen LogP contribution in [0.4, 0.5) is 0 Å². The SMILES string of the molecule is C1CCC2(C1)C1CNCC2CNC1. The van der Waals surface area contributed by atoms with Gasteiger partial charge in [0, 0.05) is 0 Å². The molecule has 0 aromatic carbocycles. The Balaban J connectivity index is 1.90. The van der Waals surface area contributed by atoms with Crippen LogP contribution >= 0.6 is 0 Å². The van der Waals surface area contributed by atoms with Crippen molar-refractivity contribution < 1.29 is 0 Å². The molecular weight excluding hydrogens is 160 g/mol. The Morgan fingerprint density at radius 2 is 1.23 bits per heavy atom. The lowest BCUT2D eigenvalue weighted by Crippen LogP contribution is -2.60. The van der Waals surface area contributed by atoms with Crippen LogP contribution in [0.15, 0.2) is 0 Å². The molecule has 2 N–H and O–H groups in total. The van der Waals surface area contributed by atoms with Crippen LogP contribution in [0.1, 0.15) is 25.7 Å². The second kappa shape index (κ2) is 2.96. The second-order valence-electron chi connectivity index (χ2n) is 5.15. The highest BCUT2D eigenvalue weighted by atomic mass is 15.0. The maximum absolute atomic E-state index is 3.60. The number of rotatable bonds is 0. The molecule has 2 saturated heterocycles. The topological polar surface area (TPSA) is 24.1 Å². The molecule has 74 valence electrons. The average Bonchev–Trinajstić information content (AvgIpc) is 2.53. The second-order valence-corrected chi connectivity index (χ2v) is 5.15. The molecular formula is C11H20N2. The molecule has 1 spiro atoms. The summed E-state index contributed by atoms with van der Waals surface area (Å²) in [6.45, 7) is 5.07. The summed E-state index contributed by atoms with van der Waals surface area (Å²) in [5.74, 6) is 1.87. The Hall–Kier alpha value is -0.0800. The van der Waals surface area contributed by atoms with Gasteiger partial charge in [-0.25, -0.2) is 0 Å². The molecule has 3 fully saturated rings. The lowest BCUT2D eigenvalue weighted by Gasteiger charge is -2.52. The van der Waals surface area contributed by atoms with Crippen molar-refractivity contribution in [2.45, 2.75) is 25.7 Å². The molecule has 0 radical (unpaired) electrons. The number of hydrogen-bond acceptors (Lipinski definition) is 2. The van der Waals surface area contributed by atoms with E-state index in [-0.39, 0.29) is 0 Å². The van der Waals surface area contributed by atoms with Crippen LogP contribution in [0.2, 0.25) is 0 Å². The molecule has 2 nitrogen and oxygen atoms in total. The van der Waals surface area contributed by atoms with Gasteiger partial charge in [0.15, 0.2) is 0 Å². The highest BCUT2D eigenvalue weighted by molar-refractivity contribution is 5.03. The van der Waals surface area contributed by atoms with Crippen molar-refractivity contribution in [1.82, 2.24) is 10.6 Å². The van der Waals surface area contributed by atoms with Gasteiger partial charge in [-0.3, -0.25) is 0 Å². The summed E-state index contributed by atoms with van der Waals surface area (Å²) in [6, 6.07) is 0. The van der Waals surface area contributed by atoms with Gasteiger partial charge in [-0.15, -0.1) is 0 Å². The van der Waals surface area contributed by atoms with E-state index >= 15 is 0 Å². The van der Waals surface area contributed by atoms with Gasteiger partial charge in [0.2, 0.25) is 0 Å². The Kier molecular flexibility index (Phi) is 1.88. The average molecular weight is 180 g/mol. The van der Waals surface area contributed by atoms with Gasteiger partial charge < -0.3 is 10.6 Å². The van der Waals surface area contributed by atoms with Gasteiger partial charge >= 0.3 is 0 Å². The van der Waals surface area contributed by atoms with Gasteiger partial charge in [0.25, 0.3) is 0 Å². The molecule has 2 heteroatoms. The van der Waals surface area contributed by atoms with Gasteiger partial charge in [0.05, 0.1) is 0 Å². The maximum atomic E-state index is 3.60. The quantitative estimate of drug-likeness (QED) is 0.581. The van der Waals surface area contributed by atoms with Crippen LogP contribution in [0.25, 0.3) is 0 Å². The minimum Gasteiger partial charge on any atom is -0.316 e. The molecule has 3 rings (SSSR count). The molecule has 0 atom stereocenters. The summed E-state index contributed by atoms with van der Waals surface area (Å²) in [6.07, 6.45) is 6.03. The smallest absolute Gasteiger partial charge is 0.000280 e. The van der Waals surface area contributed by atoms with Crippen molar-refractivity contribution in [1.29, 1.82) is 0 Å². The largest absolute Gasteiger partial charge is 0.316 e. The van der Waals surface area contributed by atoms with E-state index in [2.05, 4.69) is 10.6 Å². The molecule has 2 bridgehead atoms. The molecule has 0 aromatic heterocycles. The summed E-state index contributed by atoms with van der Waals surface area (Å²) in [5.41, 5.74) is 0.760. The van der Waals surface area contributed by atoms with E-state index in [4.69, 9.17) is 0 Å². The third-order valence-corrected chi connectivity index (χ3v) is 4.72. The molecule has 2 heterocycles. The van der Waals surface area contributed by atoms with E-state index in [1.54, 1.807) is 0 Å². The van der Waals surface area contributed by atoms with E-state index in [0.29, 0.717) is 0 Å². The van der Waals surface area contributed by atoms with Crippen LogP contribution in [-0.4, -0.2) is 26.2 Å². The van der Waals surface area contributed by atoms with E-state index in [0.717, 1.165) is 17.3 Å². The van der Waals surface area contributed by atoms with Gasteiger partial charge in [-0.2, -0.15) is 0 Å². The Morgan fingerprint density at radius 3 is 1.69 bits per heavy atom. The zero-order valence-corrected chi connectivity index (χ0v) is 8.31. The summed E-state index contributed by atoms with van der Waals surface area (Å²) < 4.78 is 0. The van der Waals surface area contributed by atoms with E-state index in [9.17, 15) is 0 Å². The first kappa shape index (κ1) is 8.25. The van der Waals surface area contributed by atoms with Gasteiger partial charge in [-0.05, 0) is 56.3 Å². The predicted octanol–water partition coefficient (Wildman–Crippen LogP) is 0.986. The Labute approximate surface area is 80.5 Å². The number of hydrogen-bond donors (Lipinski definition) is 2. The third kappa shape index (κ3) is 1.08. The molecule has 2 aliphatic heterocycles. The minimum atomic E-state index is 0.760. The molecule has 13 heavy (non-hydrogen) atoms. The van der Waals surface area contributed by atoms with Crippen molar-refractivity contribution in [3.05, 3.63) is 0 Å². The monoisotopic (exact) mass is 180 g/mol. The van der Waals surface area contributed by atoms with Crippen LogP contribution in [-0.2, 0) is 0 Å². The third-order valence-electron chi connectivity index (χ3n) is 4.72. The summed E-state index contributed by atoms with van der Waals surface area (Å²) in [5, 5.41) is 7.20. The zero-order valence-electron chi connectivity index (χ0n) is 8.31. The van der Waals surface area contributed by atoms with Crippen LogP contribution in [0.5, 0.6) is 0 Å². The van der Waals surface area contributed by atoms with Crippen molar-refractivity contribution >= 4 is 0 Å². The first-order valence-corrected chi connectivity index (χ1v) is 5.83. The molecule has 0 aromatic rings. The summed E-state index contributed by atoms with van der Waals surface area (Å²) in [4.78, 5) is 0. The fraction of sp³-hybridized carbons (Fsp3) is 1.00. The summed E-state index contributed by atoms with van der Waals surface area (Å²) in [7, 11) is 0. The normalized spacial score (nSPS) is 42.5. The minimum absolute atomic E-state index is 0.760. The number of nitrogens with one attached hydrogen (secondary N) is 2. The molecule has 1 aliphatic carbocycles. The van der Waals surface area contributed by atoms with Crippen LogP contribution in [0, 0.1) is 17.3 Å². The van der Waals surface area contributed by atoms with Crippen molar-refractivity contribution in [3.8, 4) is 0 Å². The van der Waals surface area contributed by atoms with E-state index in [1.165, 1.54) is 51.9 Å². The van der Waals surface area contributed by atoms with E-state index < -0.39 is 0 Å². The standard InChI is InChI=1S/C11H20N2/c1-2-4-11(3-1)9-5-12-7-10(11)8-13-6-9/h9-10,12-13H,1-8H2. The number of piperidine rings is 2. The van der Waals surface area contributed by atoms with Crippen molar-refractivity contribution in [3.63, 3.8) is 0 Å². The van der Waals surface area contributed by atoms with Crippen LogP contribution < -0.4 is 10.6 Å². The first-order valence-electron chi connectivity index (χ1n) is 5.83. The highest BCUT2D eigenvalue weighted by Gasteiger charge is 2.50. The maximum Gasteiger partial charge on any atom is -0.000280 e. The lowest BCUT2D eigenvalue weighted by molar-refractivity contribution is 0.0129. The molecule has 3 aliphatic rings. The Morgan fingerprint density at radius 1 is 0.769 bits per heavy atom. The molecule has 0 unspecified atom stereocenters. The summed E-state index contributed by atoms with van der Waals surface area (Å²) >= 11 is 0. The predicted molar refractivity (Wildman–Crippen MR) is 53.6 cm³/mol. The van der Waals surface area contributed by atoms with Crippen molar-refractivity contribution in [2.75, 3.05) is 26.2 Å². The lowest BCUT2D eigenvalue weighted by atomic mass is 9.61. The zero-order chi connectivity index (χ0) is 8.73. The molecule has 0 amide bonds. The van der Waals surface area contributed by atoms with Crippen molar-refractivity contribution in [2.24, 2.45) is 17.3 Å². The van der Waals surface area contributed by atoms with E-state index in [1.807, 2.05) is 0 Å². The fourth-order valence-corrected chi connectivity index (χ4v) is 4.00. The Bertz CT molecular complexity index is 172. The fourth-order valence-electron chi connectivity index (χ4n) is 4.00.